The minimum Gasteiger partial charge on any atom is -0.460 e. The van der Waals surface area contributed by atoms with E-state index in [1.807, 2.05) is 6.07 Å². The number of hydrogen-bond donors (Lipinski definition) is 0. The number of esters is 1. The number of amides is 1. The summed E-state index contributed by atoms with van der Waals surface area (Å²) < 4.78 is 10.5. The monoisotopic (exact) mass is 343 g/mol. The van der Waals surface area contributed by atoms with E-state index in [-0.39, 0.29) is 18.3 Å². The normalized spacial score (nSPS) is 12.8. The Morgan fingerprint density at radius 3 is 2.62 bits per heavy atom. The topological polar surface area (TPSA) is 55.8 Å². The number of fused-ring (bicyclic) bond motifs is 1. The Kier molecular flexibility index (Phi) is 4.53. The lowest BCUT2D eigenvalue weighted by Gasteiger charge is -2.27. The van der Waals surface area contributed by atoms with Gasteiger partial charge in [-0.3, -0.25) is 9.69 Å². The van der Waals surface area contributed by atoms with Gasteiger partial charge in [0.25, 0.3) is 5.91 Å². The third kappa shape index (κ3) is 3.12. The van der Waals surface area contributed by atoms with Crippen LogP contribution in [0.4, 0.5) is 5.69 Å². The van der Waals surface area contributed by atoms with E-state index in [0.717, 1.165) is 0 Å². The Bertz CT molecular complexity index is 817. The molecule has 0 saturated carbocycles. The molecule has 3 rings (SSSR count). The van der Waals surface area contributed by atoms with Crippen molar-refractivity contribution in [1.82, 2.24) is 0 Å². The average molecular weight is 344 g/mol. The van der Waals surface area contributed by atoms with E-state index in [0.29, 0.717) is 22.0 Å². The Balaban J connectivity index is 2.05. The van der Waals surface area contributed by atoms with Crippen LogP contribution in [0, 0.1) is 0 Å². The van der Waals surface area contributed by atoms with Gasteiger partial charge in [-0.05, 0) is 37.3 Å². The minimum atomic E-state index is -0.635. The van der Waals surface area contributed by atoms with Crippen molar-refractivity contribution in [2.24, 2.45) is 0 Å². The summed E-state index contributed by atoms with van der Waals surface area (Å²) in [6, 6.07) is 13.6. The van der Waals surface area contributed by atoms with Crippen molar-refractivity contribution in [3.63, 3.8) is 0 Å². The zero-order valence-electron chi connectivity index (χ0n) is 12.9. The number of hydrogen-bond acceptors (Lipinski definition) is 4. The standard InChI is InChI=1S/C18H14ClNO4/c1-2-23-18(22)16-11-20(17(21)12-6-4-3-5-7-12)14-10-13(19)8-9-15(14)24-16/h3-11H,2H2,1H3. The van der Waals surface area contributed by atoms with Gasteiger partial charge in [-0.2, -0.15) is 0 Å². The van der Waals surface area contributed by atoms with Crippen LogP contribution in [0.3, 0.4) is 0 Å². The van der Waals surface area contributed by atoms with E-state index in [9.17, 15) is 9.59 Å². The second kappa shape index (κ2) is 6.76. The van der Waals surface area contributed by atoms with E-state index >= 15 is 0 Å². The highest BCUT2D eigenvalue weighted by Crippen LogP contribution is 2.37. The van der Waals surface area contributed by atoms with Gasteiger partial charge in [-0.15, -0.1) is 0 Å². The Labute approximate surface area is 144 Å². The fourth-order valence-corrected chi connectivity index (χ4v) is 2.45. The summed E-state index contributed by atoms with van der Waals surface area (Å²) in [6.45, 7) is 1.90. The molecule has 0 atom stereocenters. The summed E-state index contributed by atoms with van der Waals surface area (Å²) in [5.74, 6) is -0.640. The first kappa shape index (κ1) is 16.1. The maximum absolute atomic E-state index is 12.8. The third-order valence-corrected chi connectivity index (χ3v) is 3.60. The lowest BCUT2D eigenvalue weighted by Crippen LogP contribution is -2.31. The first-order chi connectivity index (χ1) is 11.6. The molecule has 2 aromatic rings. The van der Waals surface area contributed by atoms with Crippen LogP contribution in [0.1, 0.15) is 17.3 Å². The molecule has 1 aliphatic rings. The third-order valence-electron chi connectivity index (χ3n) is 3.36. The first-order valence-corrected chi connectivity index (χ1v) is 7.73. The number of rotatable bonds is 3. The van der Waals surface area contributed by atoms with Gasteiger partial charge in [0, 0.05) is 10.6 Å². The summed E-state index contributed by atoms with van der Waals surface area (Å²) in [7, 11) is 0. The van der Waals surface area contributed by atoms with Crippen LogP contribution < -0.4 is 9.64 Å². The summed E-state index contributed by atoms with van der Waals surface area (Å²) in [5, 5.41) is 0.455. The molecular formula is C18H14ClNO4. The van der Waals surface area contributed by atoms with Crippen LogP contribution in [0.2, 0.25) is 5.02 Å². The van der Waals surface area contributed by atoms with Crippen molar-refractivity contribution in [2.45, 2.75) is 6.92 Å². The molecule has 0 N–H and O–H groups in total. The van der Waals surface area contributed by atoms with Gasteiger partial charge in [0.2, 0.25) is 5.76 Å². The number of anilines is 1. The number of carbonyl (C=O) groups excluding carboxylic acids is 2. The molecule has 122 valence electrons. The first-order valence-electron chi connectivity index (χ1n) is 7.35. The Morgan fingerprint density at radius 1 is 1.17 bits per heavy atom. The van der Waals surface area contributed by atoms with Crippen LogP contribution in [0.5, 0.6) is 5.75 Å². The Morgan fingerprint density at radius 2 is 1.92 bits per heavy atom. The lowest BCUT2D eigenvalue weighted by atomic mass is 10.1. The van der Waals surface area contributed by atoms with Gasteiger partial charge in [-0.1, -0.05) is 29.8 Å². The molecule has 6 heteroatoms. The van der Waals surface area contributed by atoms with Gasteiger partial charge in [0.05, 0.1) is 18.5 Å². The van der Waals surface area contributed by atoms with Gasteiger partial charge < -0.3 is 9.47 Å². The molecular weight excluding hydrogens is 330 g/mol. The molecule has 0 radical (unpaired) electrons. The van der Waals surface area contributed by atoms with Crippen molar-refractivity contribution in [3.8, 4) is 5.75 Å². The second-order valence-electron chi connectivity index (χ2n) is 4.97. The van der Waals surface area contributed by atoms with Crippen molar-refractivity contribution < 1.29 is 19.1 Å². The number of benzene rings is 2. The van der Waals surface area contributed by atoms with Gasteiger partial charge in [0.1, 0.15) is 0 Å². The highest BCUT2D eigenvalue weighted by molar-refractivity contribution is 6.31. The molecule has 0 spiro atoms. The molecule has 0 bridgehead atoms. The number of halogens is 1. The fourth-order valence-electron chi connectivity index (χ4n) is 2.28. The van der Waals surface area contributed by atoms with Crippen molar-refractivity contribution in [1.29, 1.82) is 0 Å². The summed E-state index contributed by atoms with van der Waals surface area (Å²) in [5.41, 5.74) is 0.939. The number of nitrogens with zero attached hydrogens (tertiary/aromatic N) is 1. The maximum atomic E-state index is 12.8. The molecule has 0 unspecified atom stereocenters. The number of ether oxygens (including phenoxy) is 2. The maximum Gasteiger partial charge on any atom is 0.375 e. The zero-order valence-corrected chi connectivity index (χ0v) is 13.6. The largest absolute Gasteiger partial charge is 0.460 e. The molecule has 0 aromatic heterocycles. The summed E-state index contributed by atoms with van der Waals surface area (Å²) in [4.78, 5) is 26.2. The van der Waals surface area contributed by atoms with Crippen molar-refractivity contribution in [2.75, 3.05) is 11.5 Å². The highest BCUT2D eigenvalue weighted by Gasteiger charge is 2.28. The zero-order chi connectivity index (χ0) is 17.1. The van der Waals surface area contributed by atoms with E-state index in [4.69, 9.17) is 21.1 Å². The van der Waals surface area contributed by atoms with Crippen LogP contribution in [-0.2, 0) is 9.53 Å². The molecule has 24 heavy (non-hydrogen) atoms. The van der Waals surface area contributed by atoms with Crippen LogP contribution in [0.25, 0.3) is 0 Å². The summed E-state index contributed by atoms with van der Waals surface area (Å²) >= 11 is 6.04. The predicted molar refractivity (Wildman–Crippen MR) is 90.0 cm³/mol. The summed E-state index contributed by atoms with van der Waals surface area (Å²) in [6.07, 6.45) is 1.33. The molecule has 2 aromatic carbocycles. The highest BCUT2D eigenvalue weighted by atomic mass is 35.5. The molecule has 0 aliphatic carbocycles. The molecule has 1 amide bonds. The fraction of sp³-hybridized carbons (Fsp3) is 0.111. The second-order valence-corrected chi connectivity index (χ2v) is 5.41. The predicted octanol–water partition coefficient (Wildman–Crippen LogP) is 3.78. The van der Waals surface area contributed by atoms with E-state index in [1.165, 1.54) is 11.1 Å². The quantitative estimate of drug-likeness (QED) is 0.796. The van der Waals surface area contributed by atoms with Crippen LogP contribution in [0.15, 0.2) is 60.5 Å². The molecule has 1 aliphatic heterocycles. The molecule has 0 saturated heterocycles. The number of carbonyl (C=O) groups is 2. The van der Waals surface area contributed by atoms with E-state index in [2.05, 4.69) is 0 Å². The van der Waals surface area contributed by atoms with Crippen molar-refractivity contribution >= 4 is 29.2 Å². The van der Waals surface area contributed by atoms with E-state index < -0.39 is 5.97 Å². The average Bonchev–Trinajstić information content (AvgIpc) is 2.61. The minimum absolute atomic E-state index is 0.0593. The van der Waals surface area contributed by atoms with E-state index in [1.54, 1.807) is 49.4 Å². The lowest BCUT2D eigenvalue weighted by molar-refractivity contribution is -0.141. The van der Waals surface area contributed by atoms with Gasteiger partial charge in [-0.25, -0.2) is 4.79 Å². The van der Waals surface area contributed by atoms with Crippen molar-refractivity contribution in [3.05, 3.63) is 71.1 Å². The molecule has 0 fully saturated rings. The smallest absolute Gasteiger partial charge is 0.375 e. The van der Waals surface area contributed by atoms with Gasteiger partial charge >= 0.3 is 5.97 Å². The Hall–Kier alpha value is -2.79. The SMILES string of the molecule is CCOC(=O)C1=CN(C(=O)c2ccccc2)c2cc(Cl)ccc2O1. The van der Waals surface area contributed by atoms with Crippen LogP contribution >= 0.6 is 11.6 Å². The molecule has 5 nitrogen and oxygen atoms in total. The molecule has 1 heterocycles. The van der Waals surface area contributed by atoms with Gasteiger partial charge in [0.15, 0.2) is 5.75 Å². The van der Waals surface area contributed by atoms with Crippen LogP contribution in [-0.4, -0.2) is 18.5 Å².